The number of rotatable bonds is 8. The van der Waals surface area contributed by atoms with Crippen molar-refractivity contribution in [2.45, 2.75) is 269 Å². The van der Waals surface area contributed by atoms with Crippen LogP contribution in [0, 0.1) is 0 Å². The molecule has 10 heteroatoms. The molecule has 0 N–H and O–H groups in total. The van der Waals surface area contributed by atoms with E-state index < -0.39 is 0 Å². The highest BCUT2D eigenvalue weighted by Crippen LogP contribution is 2.35. The van der Waals surface area contributed by atoms with Gasteiger partial charge in [0.05, 0.1) is 33.1 Å². The van der Waals surface area contributed by atoms with Crippen molar-refractivity contribution in [3.63, 3.8) is 0 Å². The van der Waals surface area contributed by atoms with Crippen molar-refractivity contribution in [2.75, 3.05) is 0 Å². The highest BCUT2D eigenvalue weighted by Gasteiger charge is 2.17. The van der Waals surface area contributed by atoms with E-state index in [9.17, 15) is 0 Å². The first-order valence-corrected chi connectivity index (χ1v) is 37.0. The molecule has 12 rings (SSSR count). The fourth-order valence-corrected chi connectivity index (χ4v) is 11.1. The summed E-state index contributed by atoms with van der Waals surface area (Å²) in [7, 11) is 0. The summed E-state index contributed by atoms with van der Waals surface area (Å²) in [6, 6.07) is 25.3. The van der Waals surface area contributed by atoms with Crippen molar-refractivity contribution < 1.29 is 0 Å². The third-order valence-corrected chi connectivity index (χ3v) is 14.1. The van der Waals surface area contributed by atoms with Crippen LogP contribution < -0.4 is 0 Å². The molecule has 96 heavy (non-hydrogen) atoms. The van der Waals surface area contributed by atoms with Gasteiger partial charge >= 0.3 is 0 Å². The molecule has 0 fully saturated rings. The highest BCUT2D eigenvalue weighted by molar-refractivity contribution is 6.10. The van der Waals surface area contributed by atoms with Gasteiger partial charge in [0, 0.05) is 86.5 Å². The SMILES string of the molecule is CCC.CCC.CCC.CCC.CCC.CCC.CCC.CCC.CCc1c(CC)c2cccnc2c2ccccc12.CCc1c(CC)c2cccnc2c2ncccc12.CCc1c(CC)c2cncnc2c2ncccc12.CCc1c(CC)c2ncncc2c2ncncc12. The predicted octanol–water partition coefficient (Wildman–Crippen LogP) is 25.8. The van der Waals surface area contributed by atoms with Gasteiger partial charge in [-0.25, -0.2) is 29.9 Å². The Kier molecular flexibility index (Phi) is 46.0. The van der Waals surface area contributed by atoms with Gasteiger partial charge in [-0.2, -0.15) is 0 Å². The third-order valence-electron chi connectivity index (χ3n) is 14.1. The Morgan fingerprint density at radius 3 is 0.729 bits per heavy atom. The van der Waals surface area contributed by atoms with E-state index in [1.54, 1.807) is 19.0 Å². The molecule has 0 saturated carbocycles. The van der Waals surface area contributed by atoms with Crippen LogP contribution in [0.5, 0.6) is 0 Å². The minimum Gasteiger partial charge on any atom is -0.256 e. The van der Waals surface area contributed by atoms with E-state index in [-0.39, 0.29) is 0 Å². The standard InChI is InChI=1S/C17H17N.C16H16N2.C15H15N3.C14H14N4.8C3H8/c1-3-12-13(4-2)15-10-7-11-18-17(15)16-9-6-5-8-14(12)16;1-3-11-12(4-2)14-8-6-10-18-16(14)15-13(11)7-5-9-17-15;1-3-10-11(4-2)13-8-16-9-18-15(13)14-12(10)6-5-7-17-14;1-3-9-10(4-2)13-12(6-16-8-17-13)14-11(9)5-15-7-18-14;8*1-3-2/h5-11H,3-4H2,1-2H3;5-10H,3-4H2,1-2H3;5-9H,3-4H2,1-2H3;5-8H,3-4H2,1-2H3;8*3H2,1-2H3. The van der Waals surface area contributed by atoms with E-state index in [1.807, 2.05) is 67.6 Å². The molecule has 0 spiro atoms. The molecule has 0 bridgehead atoms. The molecule has 520 valence electrons. The molecule has 10 nitrogen and oxygen atoms in total. The van der Waals surface area contributed by atoms with Gasteiger partial charge < -0.3 is 0 Å². The molecular weight excluding hydrogens is 1170 g/mol. The number of hydrogen-bond donors (Lipinski definition) is 0. The van der Waals surface area contributed by atoms with Gasteiger partial charge in [-0.05, 0) is 126 Å². The second kappa shape index (κ2) is 51.3. The van der Waals surface area contributed by atoms with Crippen molar-refractivity contribution in [1.82, 2.24) is 49.8 Å². The van der Waals surface area contributed by atoms with Crippen molar-refractivity contribution in [3.05, 3.63) is 180 Å². The summed E-state index contributed by atoms with van der Waals surface area (Å²) in [5.74, 6) is 0. The number of aromatic nitrogens is 10. The van der Waals surface area contributed by atoms with Crippen LogP contribution in [0.1, 0.15) is 262 Å². The number of fused-ring (bicyclic) bond motifs is 12. The molecule has 12 aromatic rings. The van der Waals surface area contributed by atoms with Crippen molar-refractivity contribution in [3.8, 4) is 0 Å². The molecule has 0 unspecified atom stereocenters. The Morgan fingerprint density at radius 1 is 0.188 bits per heavy atom. The van der Waals surface area contributed by atoms with Crippen LogP contribution in [0.3, 0.4) is 0 Å². The zero-order valence-corrected chi connectivity index (χ0v) is 64.5. The minimum absolute atomic E-state index is 0.953. The lowest BCUT2D eigenvalue weighted by atomic mass is 9.91. The molecule has 0 atom stereocenters. The fraction of sp³-hybridized carbons (Fsp3) is 0.465. The molecule has 0 amide bonds. The van der Waals surface area contributed by atoms with Crippen LogP contribution in [0.4, 0.5) is 0 Å². The number of pyridine rings is 4. The predicted molar refractivity (Wildman–Crippen MR) is 427 cm³/mol. The highest BCUT2D eigenvalue weighted by atomic mass is 14.9. The second-order valence-electron chi connectivity index (χ2n) is 23.3. The average Bonchev–Trinajstić information content (AvgIpc) is 0.793. The maximum absolute atomic E-state index is 4.59. The fourth-order valence-electron chi connectivity index (χ4n) is 11.1. The summed E-state index contributed by atoms with van der Waals surface area (Å²) in [5.41, 5.74) is 18.2. The monoisotopic (exact) mass is 1300 g/mol. The van der Waals surface area contributed by atoms with Crippen LogP contribution in [0.2, 0.25) is 0 Å². The lowest BCUT2D eigenvalue weighted by Gasteiger charge is -2.14. The van der Waals surface area contributed by atoms with Crippen LogP contribution in [-0.4, -0.2) is 49.8 Å². The van der Waals surface area contributed by atoms with Crippen molar-refractivity contribution in [1.29, 1.82) is 0 Å². The molecule has 0 aliphatic heterocycles. The number of nitrogens with zero attached hydrogens (tertiary/aromatic N) is 10. The van der Waals surface area contributed by atoms with Crippen LogP contribution in [0.25, 0.3) is 87.1 Å². The number of hydrogen-bond acceptors (Lipinski definition) is 10. The molecule has 5 aromatic carbocycles. The van der Waals surface area contributed by atoms with Crippen LogP contribution >= 0.6 is 0 Å². The minimum atomic E-state index is 0.953. The van der Waals surface area contributed by atoms with Gasteiger partial charge in [-0.15, -0.1) is 0 Å². The maximum Gasteiger partial charge on any atom is 0.116 e. The van der Waals surface area contributed by atoms with E-state index >= 15 is 0 Å². The molecular formula is C86H126N10. The summed E-state index contributed by atoms with van der Waals surface area (Å²) in [4.78, 5) is 43.9. The largest absolute Gasteiger partial charge is 0.256 e. The summed E-state index contributed by atoms with van der Waals surface area (Å²) in [6.45, 7) is 51.6. The molecule has 7 aromatic heterocycles. The zero-order valence-electron chi connectivity index (χ0n) is 64.5. The number of aryl methyl sites for hydroxylation is 8. The maximum atomic E-state index is 4.59. The van der Waals surface area contributed by atoms with Gasteiger partial charge in [0.2, 0.25) is 0 Å². The topological polar surface area (TPSA) is 129 Å². The third kappa shape index (κ3) is 24.3. The van der Waals surface area contributed by atoms with Gasteiger partial charge in [-0.3, -0.25) is 19.9 Å². The summed E-state index contributed by atoms with van der Waals surface area (Å²) >= 11 is 0. The van der Waals surface area contributed by atoms with E-state index in [0.717, 1.165) is 106 Å². The summed E-state index contributed by atoms with van der Waals surface area (Å²) in [5, 5.41) is 11.0. The Hall–Kier alpha value is -7.98. The van der Waals surface area contributed by atoms with Crippen molar-refractivity contribution in [2.24, 2.45) is 0 Å². The molecule has 0 saturated heterocycles. The molecule has 0 aliphatic carbocycles. The summed E-state index contributed by atoms with van der Waals surface area (Å²) in [6.07, 6.45) is 36.0. The van der Waals surface area contributed by atoms with Crippen LogP contribution in [0.15, 0.2) is 135 Å². The molecule has 0 aliphatic rings. The van der Waals surface area contributed by atoms with Gasteiger partial charge in [0.1, 0.15) is 24.5 Å². The van der Waals surface area contributed by atoms with Gasteiger partial charge in [-0.1, -0.05) is 266 Å². The van der Waals surface area contributed by atoms with Crippen molar-refractivity contribution >= 4 is 87.1 Å². The Morgan fingerprint density at radius 2 is 0.396 bits per heavy atom. The quantitative estimate of drug-likeness (QED) is 0.136. The first-order valence-electron chi connectivity index (χ1n) is 37.0. The first kappa shape index (κ1) is 86.0. The van der Waals surface area contributed by atoms with E-state index in [4.69, 9.17) is 0 Å². The average molecular weight is 1300 g/mol. The van der Waals surface area contributed by atoms with E-state index in [2.05, 4.69) is 265 Å². The zero-order chi connectivity index (χ0) is 71.8. The van der Waals surface area contributed by atoms with Gasteiger partial charge in [0.25, 0.3) is 0 Å². The van der Waals surface area contributed by atoms with Crippen LogP contribution in [-0.2, 0) is 51.4 Å². The Balaban J connectivity index is 0.000000575. The summed E-state index contributed by atoms with van der Waals surface area (Å²) < 4.78 is 0. The normalized spacial score (nSPS) is 9.92. The molecule has 0 radical (unpaired) electrons. The van der Waals surface area contributed by atoms with E-state index in [1.165, 1.54) is 128 Å². The van der Waals surface area contributed by atoms with Gasteiger partial charge in [0.15, 0.2) is 0 Å². The first-order chi connectivity index (χ1) is 46.8. The second-order valence-corrected chi connectivity index (χ2v) is 23.3. The smallest absolute Gasteiger partial charge is 0.116 e. The number of benzene rings is 5. The lowest BCUT2D eigenvalue weighted by Crippen LogP contribution is -1.99. The Bertz CT molecular complexity index is 3260. The Labute approximate surface area is 582 Å². The molecule has 7 heterocycles. The van der Waals surface area contributed by atoms with E-state index in [0.29, 0.717) is 0 Å². The lowest BCUT2D eigenvalue weighted by molar-refractivity contribution is 1.05.